The summed E-state index contributed by atoms with van der Waals surface area (Å²) in [5.41, 5.74) is 4.57. The van der Waals surface area contributed by atoms with Crippen molar-refractivity contribution in [2.75, 3.05) is 28.3 Å². The van der Waals surface area contributed by atoms with Gasteiger partial charge < -0.3 is 35.6 Å². The molecule has 11 heteroatoms. The van der Waals surface area contributed by atoms with Crippen molar-refractivity contribution in [1.82, 2.24) is 9.80 Å². The quantitative estimate of drug-likeness (QED) is 0.334. The molecule has 3 aliphatic carbocycles. The zero-order valence-corrected chi connectivity index (χ0v) is 25.2. The predicted molar refractivity (Wildman–Crippen MR) is 155 cm³/mol. The van der Waals surface area contributed by atoms with Crippen LogP contribution in [0.5, 0.6) is 11.5 Å². The lowest BCUT2D eigenvalue weighted by Gasteiger charge is -2.54. The average molecular weight is 586 g/mol. The van der Waals surface area contributed by atoms with Crippen LogP contribution in [0.3, 0.4) is 0 Å². The molecule has 5 rings (SSSR count). The number of nitrogens with two attached hydrogens (primary N) is 1. The Morgan fingerprint density at radius 3 is 2.36 bits per heavy atom. The highest BCUT2D eigenvalue weighted by Crippen LogP contribution is 2.55. The van der Waals surface area contributed by atoms with Gasteiger partial charge in [0.15, 0.2) is 11.4 Å². The molecule has 0 bridgehead atoms. The summed E-state index contributed by atoms with van der Waals surface area (Å²) in [6, 6.07) is 1.45. The Morgan fingerprint density at radius 1 is 1.17 bits per heavy atom. The van der Waals surface area contributed by atoms with E-state index in [9.17, 15) is 30.0 Å². The van der Waals surface area contributed by atoms with E-state index in [0.717, 1.165) is 18.4 Å². The molecule has 0 aromatic heterocycles. The number of phenolic OH excluding ortho intramolecular Hbond substituents is 1. The van der Waals surface area contributed by atoms with Crippen molar-refractivity contribution in [3.05, 3.63) is 39.7 Å². The van der Waals surface area contributed by atoms with E-state index in [0.29, 0.717) is 29.9 Å². The maximum atomic E-state index is 14.4. The van der Waals surface area contributed by atoms with Gasteiger partial charge in [0, 0.05) is 48.4 Å². The third-order valence-electron chi connectivity index (χ3n) is 10.2. The number of phenols is 1. The average Bonchev–Trinajstić information content (AvgIpc) is 2.90. The second kappa shape index (κ2) is 10.9. The van der Waals surface area contributed by atoms with Gasteiger partial charge in [-0.2, -0.15) is 0 Å². The number of fused-ring (bicyclic) bond motifs is 3. The molecule has 1 saturated heterocycles. The second-order valence-electron chi connectivity index (χ2n) is 12.5. The Hall–Kier alpha value is -3.12. The monoisotopic (exact) mass is 585 g/mol. The highest BCUT2D eigenvalue weighted by atomic mass is 16.5. The number of aliphatic hydroxyl groups is 3. The number of likely N-dealkylation sites (N-methyl/N-ethyl adjacent to an activating group) is 1. The number of benzene rings is 1. The minimum Gasteiger partial charge on any atom is -0.510 e. The van der Waals surface area contributed by atoms with Gasteiger partial charge in [-0.15, -0.1) is 0 Å². The van der Waals surface area contributed by atoms with Crippen molar-refractivity contribution in [3.8, 4) is 11.5 Å². The highest BCUT2D eigenvalue weighted by Gasteiger charge is 2.66. The lowest BCUT2D eigenvalue weighted by molar-refractivity contribution is -0.179. The second-order valence-corrected chi connectivity index (χ2v) is 12.5. The summed E-state index contributed by atoms with van der Waals surface area (Å²) in [4.78, 5) is 30.8. The van der Waals surface area contributed by atoms with E-state index < -0.39 is 58.4 Å². The number of primary amides is 1. The highest BCUT2D eigenvalue weighted by molar-refractivity contribution is 6.11. The number of rotatable bonds is 6. The number of amides is 1. The maximum absolute atomic E-state index is 14.4. The molecule has 1 amide bonds. The summed E-state index contributed by atoms with van der Waals surface area (Å²) in [5.74, 6) is -3.53. The zero-order chi connectivity index (χ0) is 30.8. The van der Waals surface area contributed by atoms with Crippen molar-refractivity contribution in [2.24, 2.45) is 17.6 Å². The van der Waals surface area contributed by atoms with Gasteiger partial charge in [0.05, 0.1) is 24.3 Å². The summed E-state index contributed by atoms with van der Waals surface area (Å²) in [7, 11) is 6.20. The number of ether oxygens (including phenoxy) is 2. The van der Waals surface area contributed by atoms with Crippen molar-refractivity contribution in [2.45, 2.75) is 82.3 Å². The fraction of sp³-hybridized carbons (Fsp3) is 0.613. The summed E-state index contributed by atoms with van der Waals surface area (Å²) in [5, 5.41) is 45.4. The van der Waals surface area contributed by atoms with Gasteiger partial charge in [0.1, 0.15) is 29.1 Å². The van der Waals surface area contributed by atoms with Crippen LogP contribution in [0.15, 0.2) is 23.0 Å². The first-order valence-electron chi connectivity index (χ1n) is 14.6. The summed E-state index contributed by atoms with van der Waals surface area (Å²) in [6.07, 6.45) is 1.97. The van der Waals surface area contributed by atoms with E-state index in [4.69, 9.17) is 15.2 Å². The van der Waals surface area contributed by atoms with Crippen molar-refractivity contribution in [3.63, 3.8) is 0 Å². The summed E-state index contributed by atoms with van der Waals surface area (Å²) < 4.78 is 11.7. The third kappa shape index (κ3) is 4.24. The summed E-state index contributed by atoms with van der Waals surface area (Å²) in [6.45, 7) is 4.96. The number of carbonyl (C=O) groups is 2. The van der Waals surface area contributed by atoms with Crippen molar-refractivity contribution < 1.29 is 39.5 Å². The van der Waals surface area contributed by atoms with Crippen LogP contribution in [0.1, 0.15) is 56.2 Å². The molecule has 1 unspecified atom stereocenters. The van der Waals surface area contributed by atoms with Crippen LogP contribution in [0, 0.1) is 11.8 Å². The minimum atomic E-state index is -2.00. The number of hydrogen-bond acceptors (Lipinski definition) is 10. The number of likely N-dealkylation sites (tertiary alicyclic amines) is 1. The SMILES string of the molecule is COc1c(CN2[C@H](C)CCC[C@@H]2C)cc(O)c2c1C[C@H]1C[C@H]3[C@H](N(C)C)C(O)=C(C(N)=O)C(O)[C@@]3(OC)C(=O)C1=C2O. The molecule has 1 aromatic carbocycles. The molecular formula is C31H43N3O8. The third-order valence-corrected chi connectivity index (χ3v) is 10.2. The Balaban J connectivity index is 1.66. The number of ketones is 1. The van der Waals surface area contributed by atoms with Crippen LogP contribution in [-0.2, 0) is 27.3 Å². The van der Waals surface area contributed by atoms with Crippen LogP contribution in [0.25, 0.3) is 5.76 Å². The number of piperidine rings is 1. The Bertz CT molecular complexity index is 1360. The zero-order valence-electron chi connectivity index (χ0n) is 25.2. The Labute approximate surface area is 246 Å². The number of hydrogen-bond donors (Lipinski definition) is 5. The molecule has 7 atom stereocenters. The van der Waals surface area contributed by atoms with Crippen LogP contribution in [-0.4, -0.2) is 100 Å². The van der Waals surface area contributed by atoms with E-state index >= 15 is 0 Å². The lowest BCUT2D eigenvalue weighted by atomic mass is 9.56. The lowest BCUT2D eigenvalue weighted by Crippen LogP contribution is -2.69. The number of carbonyl (C=O) groups excluding carboxylic acids is 2. The number of aromatic hydroxyl groups is 1. The van der Waals surface area contributed by atoms with Crippen LogP contribution < -0.4 is 10.5 Å². The Morgan fingerprint density at radius 2 is 1.81 bits per heavy atom. The molecule has 4 aliphatic rings. The normalized spacial score (nSPS) is 33.4. The van der Waals surface area contributed by atoms with Crippen LogP contribution in [0.2, 0.25) is 0 Å². The molecule has 42 heavy (non-hydrogen) atoms. The molecule has 1 aliphatic heterocycles. The molecule has 1 aromatic rings. The maximum Gasteiger partial charge on any atom is 0.250 e. The Kier molecular flexibility index (Phi) is 7.84. The van der Waals surface area contributed by atoms with Gasteiger partial charge in [-0.05, 0) is 65.6 Å². The van der Waals surface area contributed by atoms with Crippen molar-refractivity contribution >= 4 is 17.4 Å². The van der Waals surface area contributed by atoms with Gasteiger partial charge in [0.2, 0.25) is 0 Å². The van der Waals surface area contributed by atoms with Crippen LogP contribution in [0.4, 0.5) is 0 Å². The minimum absolute atomic E-state index is 0.00532. The molecular weight excluding hydrogens is 542 g/mol. The van der Waals surface area contributed by atoms with Gasteiger partial charge in [0.25, 0.3) is 5.91 Å². The first-order chi connectivity index (χ1) is 19.8. The standard InChI is InChI=1S/C31H43N3O8/c1-14-8-7-9-15(2)34(14)13-17-12-20(35)22-18(27(17)41-5)10-16-11-19-24(33(3)4)26(37)23(30(32)40)29(39)31(19,42-6)28(38)21(16)25(22)36/h12,14-16,19,24,29,35-37,39H,7-11,13H2,1-6H3,(H2,32,40)/t14-,15+,16-,19-,24-,29?,31-/m0/s1. The van der Waals surface area contributed by atoms with Gasteiger partial charge >= 0.3 is 0 Å². The van der Waals surface area contributed by atoms with Crippen LogP contribution >= 0.6 is 0 Å². The fourth-order valence-electron chi connectivity index (χ4n) is 8.23. The predicted octanol–water partition coefficient (Wildman–Crippen LogP) is 2.18. The molecule has 11 nitrogen and oxygen atoms in total. The van der Waals surface area contributed by atoms with E-state index in [1.165, 1.54) is 13.5 Å². The molecule has 0 radical (unpaired) electrons. The van der Waals surface area contributed by atoms with E-state index in [1.807, 2.05) is 0 Å². The molecule has 1 heterocycles. The number of methoxy groups -OCH3 is 2. The van der Waals surface area contributed by atoms with Crippen molar-refractivity contribution in [1.29, 1.82) is 0 Å². The molecule has 230 valence electrons. The largest absolute Gasteiger partial charge is 0.510 e. The molecule has 6 N–H and O–H groups in total. The summed E-state index contributed by atoms with van der Waals surface area (Å²) >= 11 is 0. The number of Topliss-reactive ketones (excluding diaryl/α,β-unsaturated/α-hetero) is 1. The number of nitrogens with zero attached hydrogens (tertiary/aromatic N) is 2. The molecule has 1 saturated carbocycles. The van der Waals surface area contributed by atoms with Gasteiger partial charge in [-0.25, -0.2) is 0 Å². The van der Waals surface area contributed by atoms with E-state index in [1.54, 1.807) is 32.2 Å². The molecule has 0 spiro atoms. The smallest absolute Gasteiger partial charge is 0.250 e. The van der Waals surface area contributed by atoms with E-state index in [2.05, 4.69) is 18.7 Å². The topological polar surface area (TPSA) is 166 Å². The first kappa shape index (κ1) is 30.3. The molecule has 2 fully saturated rings. The fourth-order valence-corrected chi connectivity index (χ4v) is 8.23. The first-order valence-corrected chi connectivity index (χ1v) is 14.6. The van der Waals surface area contributed by atoms with Gasteiger partial charge in [-0.3, -0.25) is 19.4 Å². The van der Waals surface area contributed by atoms with E-state index in [-0.39, 0.29) is 29.7 Å². The number of aliphatic hydroxyl groups excluding tert-OH is 3. The van der Waals surface area contributed by atoms with Gasteiger partial charge in [-0.1, -0.05) is 6.42 Å².